The topological polar surface area (TPSA) is 634 Å². The molecule has 380 valence electrons. The number of hydrogen-bond donors (Lipinski definition) is 20. The highest BCUT2D eigenvalue weighted by atomic mass is 31.2. The first-order chi connectivity index (χ1) is 28.5. The van der Waals surface area contributed by atoms with Crippen molar-refractivity contribution in [3.63, 3.8) is 0 Å². The molecule has 0 aromatic rings. The van der Waals surface area contributed by atoms with Crippen molar-refractivity contribution in [3.05, 3.63) is 0 Å². The second-order valence-corrected chi connectivity index (χ2v) is 21.9. The van der Waals surface area contributed by atoms with E-state index in [1.807, 2.05) is 10.6 Å². The van der Waals surface area contributed by atoms with Crippen LogP contribution in [0.4, 0.5) is 4.79 Å². The van der Waals surface area contributed by atoms with Crippen molar-refractivity contribution in [3.8, 4) is 0 Å². The Morgan fingerprint density at radius 3 is 0.766 bits per heavy atom. The largest absolute Gasteiger partial charge is 0.470 e. The van der Waals surface area contributed by atoms with E-state index < -0.39 is 168 Å². The van der Waals surface area contributed by atoms with Crippen LogP contribution >= 0.6 is 62.6 Å². The summed E-state index contributed by atoms with van der Waals surface area (Å²) < 4.78 is 139. The van der Waals surface area contributed by atoms with E-state index in [0.717, 1.165) is 0 Å². The van der Waals surface area contributed by atoms with Gasteiger partial charge in [0.1, 0.15) is 73.2 Å². The Labute approximate surface area is 354 Å². The van der Waals surface area contributed by atoms with Crippen LogP contribution in [0.3, 0.4) is 0 Å². The molecule has 12 atom stereocenters. The summed E-state index contributed by atoms with van der Waals surface area (Å²) in [6.45, 7) is -3.70. The number of urea groups is 1. The number of aliphatic hydroxyl groups excluding tert-OH is 2. The Hall–Kier alpha value is -0.0100. The molecule has 2 unspecified atom stereocenters. The van der Waals surface area contributed by atoms with Gasteiger partial charge < -0.3 is 109 Å². The average Bonchev–Trinajstić information content (AvgIpc) is 3.03. The van der Waals surface area contributed by atoms with Gasteiger partial charge in [-0.2, -0.15) is 0 Å². The maximum absolute atomic E-state index is 12.5. The van der Waals surface area contributed by atoms with Crippen molar-refractivity contribution in [2.45, 2.75) is 73.2 Å². The molecule has 2 saturated carbocycles. The van der Waals surface area contributed by atoms with E-state index in [4.69, 9.17) is 9.47 Å². The van der Waals surface area contributed by atoms with Gasteiger partial charge >= 0.3 is 68.6 Å². The van der Waals surface area contributed by atoms with Crippen LogP contribution in [-0.4, -0.2) is 194 Å². The first kappa shape index (κ1) is 60.1. The fraction of sp³-hybridized carbons (Fsp3) is 0.941. The molecule has 2 fully saturated rings. The summed E-state index contributed by atoms with van der Waals surface area (Å²) >= 11 is 0. The van der Waals surface area contributed by atoms with E-state index in [2.05, 4.69) is 36.2 Å². The number of amides is 2. The number of phosphoric acid groups is 8. The summed E-state index contributed by atoms with van der Waals surface area (Å²) in [4.78, 5) is 163. The van der Waals surface area contributed by atoms with Crippen molar-refractivity contribution in [2.75, 3.05) is 26.3 Å². The lowest BCUT2D eigenvalue weighted by Crippen LogP contribution is -2.66. The molecule has 0 heterocycles. The lowest BCUT2D eigenvalue weighted by atomic mass is 9.85. The van der Waals surface area contributed by atoms with E-state index in [1.54, 1.807) is 0 Å². The highest BCUT2D eigenvalue weighted by molar-refractivity contribution is 7.48. The Morgan fingerprint density at radius 2 is 0.516 bits per heavy atom. The molecule has 0 radical (unpaired) electrons. The minimum Gasteiger partial charge on any atom is -0.387 e. The molecular formula is C17H40N2O37P8. The number of ether oxygens (including phenoxy) is 2. The molecule has 0 bridgehead atoms. The Balaban J connectivity index is 2.35. The van der Waals surface area contributed by atoms with Crippen LogP contribution in [0.5, 0.6) is 0 Å². The number of phosphoric ester groups is 8. The standard InChI is InChI=1S/C17H40N2O37P8/c20-5-7(8(49-57(23,24)25)6(21)10(51-59(29,30)31)9(5)50-58(26,27)28)47-3-1-18-17(22)19-2-4-48-11-12(52-60(32,33)34)14(54-62(38,39)40)16(56-64(44,45)46)15(55-63(41,42)43)13(11)53-61(35,36)37/h5-16,20-21H,1-4H2,(H2,18,19,22)(H2,23,24,25)(H2,26,27,28)(H2,29,30,31)(H2,32,33,34)(H2,35,36,37)(H2,38,39,40)(H2,41,42,43)(H2,44,45,46)/t5-,6-,7+,8-,9+,10+,11?,12-,13+,14+,15-,16?/m0/s1. The van der Waals surface area contributed by atoms with E-state index in [0.29, 0.717) is 0 Å². The van der Waals surface area contributed by atoms with Crippen molar-refractivity contribution >= 4 is 68.6 Å². The highest BCUT2D eigenvalue weighted by Gasteiger charge is 2.62. The van der Waals surface area contributed by atoms with E-state index in [9.17, 15) is 130 Å². The molecule has 0 aromatic carbocycles. The number of carbonyl (C=O) groups excluding carboxylic acids is 1. The molecule has 47 heteroatoms. The van der Waals surface area contributed by atoms with Gasteiger partial charge in [-0.3, -0.25) is 36.2 Å². The molecule has 0 spiro atoms. The molecular weight excluding hydrogens is 1070 g/mol. The third kappa shape index (κ3) is 22.2. The molecule has 2 aliphatic rings. The van der Waals surface area contributed by atoms with Gasteiger partial charge in [-0.15, -0.1) is 0 Å². The van der Waals surface area contributed by atoms with Crippen LogP contribution < -0.4 is 10.6 Å². The van der Waals surface area contributed by atoms with Crippen LogP contribution in [-0.2, 0) is 82.2 Å². The van der Waals surface area contributed by atoms with Crippen LogP contribution in [0.25, 0.3) is 0 Å². The van der Waals surface area contributed by atoms with Gasteiger partial charge in [0.05, 0.1) is 13.2 Å². The number of hydrogen-bond acceptors (Lipinski definition) is 21. The highest BCUT2D eigenvalue weighted by Crippen LogP contribution is 2.56. The van der Waals surface area contributed by atoms with E-state index >= 15 is 0 Å². The van der Waals surface area contributed by atoms with Crippen molar-refractivity contribution in [1.82, 2.24) is 10.6 Å². The van der Waals surface area contributed by atoms with Crippen molar-refractivity contribution in [1.29, 1.82) is 0 Å². The Morgan fingerprint density at radius 1 is 0.328 bits per heavy atom. The van der Waals surface area contributed by atoms with E-state index in [-0.39, 0.29) is 0 Å². The first-order valence-corrected chi connectivity index (χ1v) is 28.2. The molecule has 2 aliphatic carbocycles. The number of carbonyl (C=O) groups is 1. The second kappa shape index (κ2) is 22.8. The van der Waals surface area contributed by atoms with Crippen LogP contribution in [0.2, 0.25) is 0 Å². The van der Waals surface area contributed by atoms with Crippen LogP contribution in [0.15, 0.2) is 0 Å². The zero-order valence-electron chi connectivity index (χ0n) is 30.6. The molecule has 64 heavy (non-hydrogen) atoms. The normalized spacial score (nSPS) is 30.5. The SMILES string of the molecule is O=C(NCCOC1[C@@H](OP(=O)(O)O)[C@H](OP(=O)(O)O)C(OP(=O)(O)O)[C@H](OP(=O)(O)O)[C@H]1OP(=O)(O)O)NCCO[C@@H]1[C@H](O)[C@@H](OP(=O)(O)O)[C@H](OP(=O)(O)O)[C@@H](O)[C@@H]1OP(=O)(O)O. The third-order valence-corrected chi connectivity index (χ3v) is 11.5. The number of nitrogens with one attached hydrogen (secondary N) is 2. The quantitative estimate of drug-likeness (QED) is 0.0316. The molecule has 2 rings (SSSR count). The van der Waals surface area contributed by atoms with E-state index in [1.165, 1.54) is 0 Å². The average molecular weight is 1110 g/mol. The van der Waals surface area contributed by atoms with Crippen LogP contribution in [0, 0.1) is 0 Å². The molecule has 20 N–H and O–H groups in total. The zero-order valence-corrected chi connectivity index (χ0v) is 37.8. The minimum absolute atomic E-state index is 0.760. The fourth-order valence-corrected chi connectivity index (χ4v) is 10.1. The molecule has 0 saturated heterocycles. The van der Waals surface area contributed by atoms with Gasteiger partial charge in [0.25, 0.3) is 0 Å². The lowest BCUT2D eigenvalue weighted by molar-refractivity contribution is -0.224. The lowest BCUT2D eigenvalue weighted by Gasteiger charge is -2.48. The summed E-state index contributed by atoms with van der Waals surface area (Å²) in [5, 5.41) is 25.4. The maximum atomic E-state index is 12.5. The molecule has 39 nitrogen and oxygen atoms in total. The fourth-order valence-electron chi connectivity index (χ4n) is 5.67. The summed E-state index contributed by atoms with van der Waals surface area (Å²) in [5.74, 6) is 0. The van der Waals surface area contributed by atoms with Gasteiger partial charge in [0.15, 0.2) is 0 Å². The van der Waals surface area contributed by atoms with Gasteiger partial charge in [-0.05, 0) is 0 Å². The third-order valence-electron chi connectivity index (χ3n) is 7.40. The maximum Gasteiger partial charge on any atom is 0.470 e. The minimum atomic E-state index is -6.11. The predicted molar refractivity (Wildman–Crippen MR) is 188 cm³/mol. The monoisotopic (exact) mass is 1110 g/mol. The van der Waals surface area contributed by atoms with Crippen LogP contribution in [0.1, 0.15) is 0 Å². The zero-order chi connectivity index (χ0) is 49.8. The first-order valence-electron chi connectivity index (χ1n) is 16.0. The number of aliphatic hydroxyl groups is 2. The van der Waals surface area contributed by atoms with Gasteiger partial charge in [0, 0.05) is 13.1 Å². The van der Waals surface area contributed by atoms with Crippen molar-refractivity contribution < 1.29 is 175 Å². The van der Waals surface area contributed by atoms with Crippen molar-refractivity contribution in [2.24, 2.45) is 0 Å². The Kier molecular flexibility index (Phi) is 21.4. The number of rotatable bonds is 24. The predicted octanol–water partition coefficient (Wildman–Crippen LogP) is -6.37. The molecule has 0 aromatic heterocycles. The summed E-state index contributed by atoms with van der Waals surface area (Å²) in [6.07, 6.45) is -33.6. The van der Waals surface area contributed by atoms with Gasteiger partial charge in [-0.1, -0.05) is 0 Å². The summed E-state index contributed by atoms with van der Waals surface area (Å²) in [6, 6.07) is -1.30. The van der Waals surface area contributed by atoms with Gasteiger partial charge in [-0.25, -0.2) is 41.3 Å². The Bertz CT molecular complexity index is 1900. The smallest absolute Gasteiger partial charge is 0.387 e. The molecule has 2 amide bonds. The van der Waals surface area contributed by atoms with Gasteiger partial charge in [0.2, 0.25) is 0 Å². The summed E-state index contributed by atoms with van der Waals surface area (Å²) in [5.41, 5.74) is 0. The summed E-state index contributed by atoms with van der Waals surface area (Å²) in [7, 11) is -47.6. The second-order valence-electron chi connectivity index (χ2n) is 12.3. The molecule has 0 aliphatic heterocycles.